The Morgan fingerprint density at radius 3 is 2.71 bits per heavy atom. The maximum atomic E-state index is 11.7. The van der Waals surface area contributed by atoms with Gasteiger partial charge in [0, 0.05) is 0 Å². The van der Waals surface area contributed by atoms with Gasteiger partial charge in [-0.3, -0.25) is 4.90 Å². The van der Waals surface area contributed by atoms with Gasteiger partial charge < -0.3 is 21.1 Å². The molecule has 0 saturated carbocycles. The zero-order valence-corrected chi connectivity index (χ0v) is 9.27. The minimum atomic E-state index is -1.07. The second-order valence-electron chi connectivity index (χ2n) is 4.04. The summed E-state index contributed by atoms with van der Waals surface area (Å²) >= 11 is 0. The lowest BCUT2D eigenvalue weighted by Crippen LogP contribution is -2.52. The molecule has 4 N–H and O–H groups in total. The molecule has 8 heteroatoms. The summed E-state index contributed by atoms with van der Waals surface area (Å²) in [5.41, 5.74) is 0. The number of amides is 4. The van der Waals surface area contributed by atoms with Crippen LogP contribution in [0, 0.1) is 0 Å². The largest absolute Gasteiger partial charge is 0.480 e. The van der Waals surface area contributed by atoms with Crippen molar-refractivity contribution in [2.75, 3.05) is 0 Å². The van der Waals surface area contributed by atoms with Crippen LogP contribution >= 0.6 is 0 Å². The van der Waals surface area contributed by atoms with Crippen LogP contribution in [0.3, 0.4) is 0 Å². The molecule has 2 fully saturated rings. The number of hydrogen-bond acceptors (Lipinski definition) is 3. The van der Waals surface area contributed by atoms with Crippen LogP contribution in [-0.4, -0.2) is 46.4 Å². The summed E-state index contributed by atoms with van der Waals surface area (Å²) in [7, 11) is 0. The quantitative estimate of drug-likeness (QED) is 0.518. The van der Waals surface area contributed by atoms with E-state index in [1.807, 2.05) is 6.92 Å². The monoisotopic (exact) mass is 242 g/mol. The summed E-state index contributed by atoms with van der Waals surface area (Å²) in [5.74, 6) is -1.07. The molecule has 0 spiro atoms. The third-order valence-corrected chi connectivity index (χ3v) is 2.88. The molecule has 0 aliphatic carbocycles. The molecule has 2 rings (SSSR count). The van der Waals surface area contributed by atoms with Crippen molar-refractivity contribution in [1.29, 1.82) is 0 Å². The van der Waals surface area contributed by atoms with E-state index in [4.69, 9.17) is 5.11 Å². The number of carboxylic acids is 1. The molecule has 0 aromatic rings. The fourth-order valence-electron chi connectivity index (χ4n) is 2.15. The average Bonchev–Trinajstić information content (AvgIpc) is 2.70. The Bertz CT molecular complexity index is 372. The highest BCUT2D eigenvalue weighted by Gasteiger charge is 2.49. The van der Waals surface area contributed by atoms with E-state index in [0.717, 1.165) is 0 Å². The van der Waals surface area contributed by atoms with Crippen molar-refractivity contribution in [2.24, 2.45) is 0 Å². The minimum absolute atomic E-state index is 0.349. The van der Waals surface area contributed by atoms with E-state index >= 15 is 0 Å². The standard InChI is InChI=1S/C9H14N4O4/c1-2-3-4(7(14)15)13-6-5(11-9(13)17)10-8(16)12-6/h4-6H,2-3H2,1H3,(H,11,17)(H,14,15)(H2,10,12,16)/t4-,5+,6+/m1/s1. The third-order valence-electron chi connectivity index (χ3n) is 2.88. The van der Waals surface area contributed by atoms with Crippen molar-refractivity contribution in [1.82, 2.24) is 20.9 Å². The maximum Gasteiger partial charge on any atom is 0.326 e. The molecule has 0 aromatic carbocycles. The van der Waals surface area contributed by atoms with Gasteiger partial charge in [0.05, 0.1) is 0 Å². The maximum absolute atomic E-state index is 11.7. The average molecular weight is 242 g/mol. The van der Waals surface area contributed by atoms with Crippen molar-refractivity contribution in [3.8, 4) is 0 Å². The summed E-state index contributed by atoms with van der Waals surface area (Å²) in [5, 5.41) is 16.6. The van der Waals surface area contributed by atoms with Gasteiger partial charge in [-0.2, -0.15) is 0 Å². The summed E-state index contributed by atoms with van der Waals surface area (Å²) in [6, 6.07) is -1.81. The Kier molecular flexibility index (Phi) is 2.78. The Morgan fingerprint density at radius 1 is 1.41 bits per heavy atom. The number of aliphatic carboxylic acids is 1. The highest BCUT2D eigenvalue weighted by atomic mass is 16.4. The summed E-state index contributed by atoms with van der Waals surface area (Å²) in [4.78, 5) is 35.1. The predicted octanol–water partition coefficient (Wildman–Crippen LogP) is -0.770. The second-order valence-corrected chi connectivity index (χ2v) is 4.04. The zero-order chi connectivity index (χ0) is 12.6. The topological polar surface area (TPSA) is 111 Å². The molecule has 0 unspecified atom stereocenters. The molecule has 4 amide bonds. The summed E-state index contributed by atoms with van der Waals surface area (Å²) < 4.78 is 0. The first-order valence-corrected chi connectivity index (χ1v) is 5.43. The van der Waals surface area contributed by atoms with Gasteiger partial charge in [-0.15, -0.1) is 0 Å². The Balaban J connectivity index is 2.20. The van der Waals surface area contributed by atoms with Gasteiger partial charge in [-0.25, -0.2) is 14.4 Å². The molecule has 2 aliphatic heterocycles. The number of rotatable bonds is 4. The molecule has 17 heavy (non-hydrogen) atoms. The van der Waals surface area contributed by atoms with Crippen LogP contribution < -0.4 is 16.0 Å². The van der Waals surface area contributed by atoms with E-state index in [0.29, 0.717) is 12.8 Å². The molecule has 3 atom stereocenters. The van der Waals surface area contributed by atoms with Crippen LogP contribution in [-0.2, 0) is 4.79 Å². The van der Waals surface area contributed by atoms with E-state index in [-0.39, 0.29) is 0 Å². The van der Waals surface area contributed by atoms with Crippen LogP contribution in [0.5, 0.6) is 0 Å². The number of hydrogen-bond donors (Lipinski definition) is 4. The van der Waals surface area contributed by atoms with E-state index in [1.165, 1.54) is 4.90 Å². The molecule has 0 radical (unpaired) electrons. The lowest BCUT2D eigenvalue weighted by atomic mass is 10.1. The zero-order valence-electron chi connectivity index (χ0n) is 9.27. The lowest BCUT2D eigenvalue weighted by molar-refractivity contribution is -0.143. The fraction of sp³-hybridized carbons (Fsp3) is 0.667. The second kappa shape index (κ2) is 4.11. The number of fused-ring (bicyclic) bond motifs is 1. The van der Waals surface area contributed by atoms with Crippen LogP contribution in [0.1, 0.15) is 19.8 Å². The first-order valence-electron chi connectivity index (χ1n) is 5.43. The van der Waals surface area contributed by atoms with Crippen LogP contribution in [0.15, 0.2) is 0 Å². The van der Waals surface area contributed by atoms with Gasteiger partial charge in [0.25, 0.3) is 0 Å². The molecule has 0 bridgehead atoms. The third kappa shape index (κ3) is 1.85. The van der Waals surface area contributed by atoms with Crippen molar-refractivity contribution in [3.05, 3.63) is 0 Å². The molecule has 8 nitrogen and oxygen atoms in total. The van der Waals surface area contributed by atoms with Crippen molar-refractivity contribution in [3.63, 3.8) is 0 Å². The first-order chi connectivity index (χ1) is 8.04. The normalized spacial score (nSPS) is 28.2. The molecule has 94 valence electrons. The minimum Gasteiger partial charge on any atom is -0.480 e. The Morgan fingerprint density at radius 2 is 2.12 bits per heavy atom. The number of urea groups is 2. The van der Waals surface area contributed by atoms with Crippen molar-refractivity contribution in [2.45, 2.75) is 38.1 Å². The Labute approximate surface area is 97.3 Å². The van der Waals surface area contributed by atoms with Gasteiger partial charge in [0.2, 0.25) is 0 Å². The summed E-state index contributed by atoms with van der Waals surface area (Å²) in [6.45, 7) is 1.84. The van der Waals surface area contributed by atoms with Crippen molar-refractivity contribution < 1.29 is 19.5 Å². The van der Waals surface area contributed by atoms with Gasteiger partial charge in [-0.1, -0.05) is 13.3 Å². The number of carboxylic acid groups (broad SMARTS) is 1. The van der Waals surface area contributed by atoms with E-state index in [9.17, 15) is 14.4 Å². The number of nitrogens with zero attached hydrogens (tertiary/aromatic N) is 1. The smallest absolute Gasteiger partial charge is 0.326 e. The number of carbonyl (C=O) groups excluding carboxylic acids is 2. The molecule has 2 saturated heterocycles. The molecular formula is C9H14N4O4. The number of nitrogens with one attached hydrogen (secondary N) is 3. The van der Waals surface area contributed by atoms with Crippen LogP contribution in [0.2, 0.25) is 0 Å². The first kappa shape index (κ1) is 11.5. The van der Waals surface area contributed by atoms with Crippen LogP contribution in [0.25, 0.3) is 0 Å². The van der Waals surface area contributed by atoms with Gasteiger partial charge in [0.1, 0.15) is 18.4 Å². The Hall–Kier alpha value is -1.99. The summed E-state index contributed by atoms with van der Waals surface area (Å²) in [6.07, 6.45) is -0.210. The molecule has 2 aliphatic rings. The van der Waals surface area contributed by atoms with E-state index in [1.54, 1.807) is 0 Å². The van der Waals surface area contributed by atoms with Crippen LogP contribution in [0.4, 0.5) is 9.59 Å². The van der Waals surface area contributed by atoms with Gasteiger partial charge >= 0.3 is 18.0 Å². The van der Waals surface area contributed by atoms with E-state index in [2.05, 4.69) is 16.0 Å². The fourth-order valence-corrected chi connectivity index (χ4v) is 2.15. The molecule has 2 heterocycles. The predicted molar refractivity (Wildman–Crippen MR) is 55.9 cm³/mol. The van der Waals surface area contributed by atoms with Gasteiger partial charge in [-0.05, 0) is 6.42 Å². The van der Waals surface area contributed by atoms with Gasteiger partial charge in [0.15, 0.2) is 0 Å². The lowest BCUT2D eigenvalue weighted by Gasteiger charge is -2.27. The molecular weight excluding hydrogens is 228 g/mol. The SMILES string of the molecule is CCC[C@H](C(=O)O)N1C(=O)N[C@@H]2NC(=O)N[C@H]21. The molecule has 0 aromatic heterocycles. The highest BCUT2D eigenvalue weighted by Crippen LogP contribution is 2.20. The number of carbonyl (C=O) groups is 3. The highest BCUT2D eigenvalue weighted by molar-refractivity contribution is 5.88. The van der Waals surface area contributed by atoms with E-state index < -0.39 is 36.4 Å². The van der Waals surface area contributed by atoms with Crippen molar-refractivity contribution >= 4 is 18.0 Å².